The number of halogens is 4. The first kappa shape index (κ1) is 19.9. The largest absolute Gasteiger partial charge is 0.349 e. The van der Waals surface area contributed by atoms with Gasteiger partial charge in [0.2, 0.25) is 0 Å². The van der Waals surface area contributed by atoms with Crippen LogP contribution in [0.4, 0.5) is 30.2 Å². The standard InChI is InChI=1S/C16H11F3IN3O2S2/c1-8-21-7-14(26-8)27(24,25)23-13-5-3-10(17)15(19)16(13)22-12-4-2-9(20)6-11(12)18/h2-7,22-23H,1H3. The summed E-state index contributed by atoms with van der Waals surface area (Å²) in [6, 6.07) is 5.93. The van der Waals surface area contributed by atoms with Crippen LogP contribution in [-0.4, -0.2) is 13.4 Å². The van der Waals surface area contributed by atoms with Crippen molar-refractivity contribution in [2.75, 3.05) is 10.0 Å². The number of hydrogen-bond donors (Lipinski definition) is 2. The molecule has 0 aliphatic carbocycles. The number of rotatable bonds is 5. The Bertz CT molecular complexity index is 1120. The van der Waals surface area contributed by atoms with E-state index in [4.69, 9.17) is 0 Å². The summed E-state index contributed by atoms with van der Waals surface area (Å²) in [4.78, 5) is 3.87. The van der Waals surface area contributed by atoms with Crippen LogP contribution in [0.3, 0.4) is 0 Å². The van der Waals surface area contributed by atoms with Gasteiger partial charge in [-0.3, -0.25) is 4.72 Å². The molecule has 1 heterocycles. The smallest absolute Gasteiger partial charge is 0.273 e. The van der Waals surface area contributed by atoms with E-state index in [1.54, 1.807) is 13.0 Å². The molecule has 11 heteroatoms. The maximum atomic E-state index is 14.3. The Kier molecular flexibility index (Phi) is 5.63. The third-order valence-corrected chi connectivity index (χ3v) is 6.81. The van der Waals surface area contributed by atoms with E-state index >= 15 is 0 Å². The fraction of sp³-hybridized carbons (Fsp3) is 0.0625. The molecule has 27 heavy (non-hydrogen) atoms. The Morgan fingerprint density at radius 1 is 1.07 bits per heavy atom. The molecule has 2 N–H and O–H groups in total. The van der Waals surface area contributed by atoms with Crippen molar-refractivity contribution in [3.8, 4) is 0 Å². The molecule has 1 aromatic heterocycles. The summed E-state index contributed by atoms with van der Waals surface area (Å²) in [5.41, 5.74) is -0.924. The number of thiazole rings is 1. The van der Waals surface area contributed by atoms with Gasteiger partial charge >= 0.3 is 0 Å². The summed E-state index contributed by atoms with van der Waals surface area (Å²) >= 11 is 2.82. The van der Waals surface area contributed by atoms with E-state index < -0.39 is 33.2 Å². The van der Waals surface area contributed by atoms with Gasteiger partial charge in [0.05, 0.1) is 22.6 Å². The maximum absolute atomic E-state index is 14.3. The van der Waals surface area contributed by atoms with Crippen LogP contribution in [0.15, 0.2) is 40.7 Å². The second-order valence-electron chi connectivity index (χ2n) is 5.34. The molecule has 5 nitrogen and oxygen atoms in total. The van der Waals surface area contributed by atoms with Gasteiger partial charge in [-0.1, -0.05) is 0 Å². The molecule has 0 amide bonds. The van der Waals surface area contributed by atoms with E-state index in [2.05, 4.69) is 15.0 Å². The number of aryl methyl sites for hydroxylation is 1. The van der Waals surface area contributed by atoms with Gasteiger partial charge < -0.3 is 5.32 Å². The van der Waals surface area contributed by atoms with Crippen LogP contribution in [0.5, 0.6) is 0 Å². The number of benzene rings is 2. The van der Waals surface area contributed by atoms with Gasteiger partial charge in [0.25, 0.3) is 10.0 Å². The number of anilines is 3. The SMILES string of the molecule is Cc1ncc(S(=O)(=O)Nc2ccc(F)c(F)c2Nc2ccc(I)cc2F)s1. The number of aromatic nitrogens is 1. The third kappa shape index (κ3) is 4.35. The fourth-order valence-corrected chi connectivity index (χ4v) is 4.78. The predicted molar refractivity (Wildman–Crippen MR) is 106 cm³/mol. The minimum Gasteiger partial charge on any atom is -0.349 e. The molecular formula is C16H11F3IN3O2S2. The Balaban J connectivity index is 2.02. The lowest BCUT2D eigenvalue weighted by Gasteiger charge is -2.15. The molecule has 0 saturated carbocycles. The van der Waals surface area contributed by atoms with Crippen LogP contribution < -0.4 is 10.0 Å². The lowest BCUT2D eigenvalue weighted by molar-refractivity contribution is 0.512. The average Bonchev–Trinajstić information content (AvgIpc) is 3.03. The first-order chi connectivity index (χ1) is 12.7. The summed E-state index contributed by atoms with van der Waals surface area (Å²) in [7, 11) is -4.07. The van der Waals surface area contributed by atoms with Crippen molar-refractivity contribution in [1.29, 1.82) is 0 Å². The van der Waals surface area contributed by atoms with Crippen LogP contribution in [0.2, 0.25) is 0 Å². The summed E-state index contributed by atoms with van der Waals surface area (Å²) in [5, 5.41) is 2.95. The average molecular weight is 525 g/mol. The Hall–Kier alpha value is -1.86. The molecule has 0 aliphatic rings. The maximum Gasteiger partial charge on any atom is 0.273 e. The second kappa shape index (κ2) is 7.64. The zero-order valence-corrected chi connectivity index (χ0v) is 17.3. The van der Waals surface area contributed by atoms with Gasteiger partial charge in [-0.15, -0.1) is 11.3 Å². The molecule has 0 atom stereocenters. The van der Waals surface area contributed by atoms with Crippen LogP contribution in [0, 0.1) is 27.9 Å². The molecule has 142 valence electrons. The van der Waals surface area contributed by atoms with E-state index in [1.807, 2.05) is 22.6 Å². The third-order valence-electron chi connectivity index (χ3n) is 3.39. The van der Waals surface area contributed by atoms with E-state index in [1.165, 1.54) is 12.1 Å². The van der Waals surface area contributed by atoms with E-state index in [0.717, 1.165) is 29.7 Å². The summed E-state index contributed by atoms with van der Waals surface area (Å²) in [6.45, 7) is 1.63. The van der Waals surface area contributed by atoms with Crippen LogP contribution in [0.25, 0.3) is 0 Å². The Morgan fingerprint density at radius 3 is 2.41 bits per heavy atom. The molecule has 2 aromatic carbocycles. The number of hydrogen-bond acceptors (Lipinski definition) is 5. The summed E-state index contributed by atoms with van der Waals surface area (Å²) in [5.74, 6) is -3.24. The monoisotopic (exact) mass is 525 g/mol. The quantitative estimate of drug-likeness (QED) is 0.460. The van der Waals surface area contributed by atoms with E-state index in [9.17, 15) is 21.6 Å². The highest BCUT2D eigenvalue weighted by atomic mass is 127. The topological polar surface area (TPSA) is 71.1 Å². The van der Waals surface area contributed by atoms with Crippen molar-refractivity contribution in [3.05, 3.63) is 62.6 Å². The van der Waals surface area contributed by atoms with Gasteiger partial charge in [-0.25, -0.2) is 26.6 Å². The van der Waals surface area contributed by atoms with Gasteiger partial charge in [0.15, 0.2) is 15.8 Å². The van der Waals surface area contributed by atoms with Crippen molar-refractivity contribution in [2.24, 2.45) is 0 Å². The Labute approximate surface area is 170 Å². The number of sulfonamides is 1. The van der Waals surface area contributed by atoms with E-state index in [0.29, 0.717) is 8.58 Å². The molecule has 0 bridgehead atoms. The predicted octanol–water partition coefficient (Wildman–Crippen LogP) is 5.02. The van der Waals surface area contributed by atoms with E-state index in [-0.39, 0.29) is 15.6 Å². The fourth-order valence-electron chi connectivity index (χ4n) is 2.14. The van der Waals surface area contributed by atoms with Crippen molar-refractivity contribution in [3.63, 3.8) is 0 Å². The van der Waals surface area contributed by atoms with Gasteiger partial charge in [0, 0.05) is 3.57 Å². The number of nitrogens with one attached hydrogen (secondary N) is 2. The minimum absolute atomic E-state index is 0.0869. The zero-order valence-electron chi connectivity index (χ0n) is 13.6. The first-order valence-electron chi connectivity index (χ1n) is 7.32. The molecule has 0 fully saturated rings. The summed E-state index contributed by atoms with van der Waals surface area (Å²) in [6.07, 6.45) is 1.16. The molecule has 0 saturated heterocycles. The molecular weight excluding hydrogens is 514 g/mol. The van der Waals surface area contributed by atoms with Gasteiger partial charge in [-0.05, 0) is 59.8 Å². The lowest BCUT2D eigenvalue weighted by atomic mass is 10.2. The van der Waals surface area contributed by atoms with Crippen molar-refractivity contribution < 1.29 is 21.6 Å². The Morgan fingerprint density at radius 2 is 1.78 bits per heavy atom. The first-order valence-corrected chi connectivity index (χ1v) is 10.7. The van der Waals surface area contributed by atoms with Crippen LogP contribution in [0.1, 0.15) is 5.01 Å². The second-order valence-corrected chi connectivity index (χ2v) is 9.73. The molecule has 3 aromatic rings. The normalized spacial score (nSPS) is 11.4. The zero-order chi connectivity index (χ0) is 19.8. The van der Waals surface area contributed by atoms with Gasteiger partial charge in [-0.2, -0.15) is 0 Å². The molecule has 0 spiro atoms. The van der Waals surface area contributed by atoms with Crippen LogP contribution in [-0.2, 0) is 10.0 Å². The minimum atomic E-state index is -4.07. The lowest BCUT2D eigenvalue weighted by Crippen LogP contribution is -2.14. The molecule has 0 unspecified atom stereocenters. The highest BCUT2D eigenvalue weighted by Crippen LogP contribution is 2.33. The van der Waals surface area contributed by atoms with Crippen molar-refractivity contribution in [1.82, 2.24) is 4.98 Å². The van der Waals surface area contributed by atoms with Crippen molar-refractivity contribution in [2.45, 2.75) is 11.1 Å². The summed E-state index contributed by atoms with van der Waals surface area (Å²) < 4.78 is 69.7. The number of nitrogens with zero attached hydrogens (tertiary/aromatic N) is 1. The van der Waals surface area contributed by atoms with Crippen molar-refractivity contribution >= 4 is 61.0 Å². The highest BCUT2D eigenvalue weighted by Gasteiger charge is 2.22. The van der Waals surface area contributed by atoms with Crippen LogP contribution >= 0.6 is 33.9 Å². The van der Waals surface area contributed by atoms with Gasteiger partial charge in [0.1, 0.15) is 11.5 Å². The highest BCUT2D eigenvalue weighted by molar-refractivity contribution is 14.1. The molecule has 0 aliphatic heterocycles. The molecule has 0 radical (unpaired) electrons. The molecule has 3 rings (SSSR count).